The Kier molecular flexibility index (Phi) is 6.86. The number of hydrogen-bond donors (Lipinski definition) is 2. The fourth-order valence-electron chi connectivity index (χ4n) is 6.73. The first-order valence-corrected chi connectivity index (χ1v) is 12.6. The number of nitrogens with one attached hydrogen (secondary N) is 1. The molecule has 4 heterocycles. The van der Waals surface area contributed by atoms with Crippen molar-refractivity contribution in [1.29, 1.82) is 0 Å². The van der Waals surface area contributed by atoms with Crippen molar-refractivity contribution in [2.24, 2.45) is 23.2 Å². The van der Waals surface area contributed by atoms with Crippen molar-refractivity contribution in [2.75, 3.05) is 44.3 Å². The first-order chi connectivity index (χ1) is 17.3. The Morgan fingerprint density at radius 1 is 1.16 bits per heavy atom. The molecule has 6 nitrogen and oxygen atoms in total. The lowest BCUT2D eigenvalue weighted by Gasteiger charge is -2.32. The molecule has 13 heteroatoms. The van der Waals surface area contributed by atoms with Gasteiger partial charge in [0.05, 0.1) is 17.3 Å². The average Bonchev–Trinajstić information content (AvgIpc) is 3.55. The van der Waals surface area contributed by atoms with Crippen molar-refractivity contribution in [2.45, 2.75) is 43.8 Å². The van der Waals surface area contributed by atoms with Crippen LogP contribution in [0.15, 0.2) is 18.2 Å². The quantitative estimate of drug-likeness (QED) is 0.532. The monoisotopic (exact) mass is 555 g/mol. The average molecular weight is 556 g/mol. The molecule has 5 rings (SSSR count). The molecule has 1 aromatic rings. The van der Waals surface area contributed by atoms with E-state index in [1.165, 1.54) is 0 Å². The minimum Gasteiger partial charge on any atom is -0.480 e. The van der Waals surface area contributed by atoms with Crippen LogP contribution >= 0.6 is 11.6 Å². The zero-order chi connectivity index (χ0) is 26.8. The number of benzene rings is 1. The second-order valence-corrected chi connectivity index (χ2v) is 11.2. The van der Waals surface area contributed by atoms with Crippen LogP contribution < -0.4 is 10.2 Å². The van der Waals surface area contributed by atoms with Crippen LogP contribution in [0, 0.1) is 23.2 Å². The van der Waals surface area contributed by atoms with Crippen LogP contribution in [-0.2, 0) is 16.1 Å². The van der Waals surface area contributed by atoms with Crippen molar-refractivity contribution >= 4 is 23.3 Å². The molecule has 206 valence electrons. The highest BCUT2D eigenvalue weighted by Gasteiger charge is 2.66. The predicted molar refractivity (Wildman–Crippen MR) is 122 cm³/mol. The Hall–Kier alpha value is -1.76. The summed E-state index contributed by atoms with van der Waals surface area (Å²) < 4.78 is 86.6. The number of carbonyl (C=O) groups is 1. The summed E-state index contributed by atoms with van der Waals surface area (Å²) in [4.78, 5) is 15.7. The molecular formula is C24H28ClF6N3O3. The van der Waals surface area contributed by atoms with Gasteiger partial charge in [-0.15, -0.1) is 0 Å². The van der Waals surface area contributed by atoms with Crippen LogP contribution in [0.4, 0.5) is 32.0 Å². The number of carboxylic acid groups (broad SMARTS) is 1. The summed E-state index contributed by atoms with van der Waals surface area (Å²) in [6.45, 7) is 3.20. The van der Waals surface area contributed by atoms with Gasteiger partial charge < -0.3 is 20.1 Å². The molecule has 0 amide bonds. The Morgan fingerprint density at radius 3 is 2.49 bits per heavy atom. The van der Waals surface area contributed by atoms with Crippen molar-refractivity contribution < 1.29 is 41.0 Å². The molecule has 0 saturated carbocycles. The second-order valence-electron chi connectivity index (χ2n) is 10.8. The highest BCUT2D eigenvalue weighted by molar-refractivity contribution is 6.34. The number of rotatable bonds is 5. The molecule has 1 spiro atoms. The lowest BCUT2D eigenvalue weighted by Crippen LogP contribution is -2.53. The smallest absolute Gasteiger partial charge is 0.402 e. The van der Waals surface area contributed by atoms with Crippen LogP contribution in [0.5, 0.6) is 0 Å². The van der Waals surface area contributed by atoms with E-state index in [1.54, 1.807) is 11.0 Å². The van der Waals surface area contributed by atoms with Gasteiger partial charge in [0.2, 0.25) is 0 Å². The molecule has 37 heavy (non-hydrogen) atoms. The number of hydrogen-bond acceptors (Lipinski definition) is 5. The lowest BCUT2D eigenvalue weighted by atomic mass is 9.84. The predicted octanol–water partition coefficient (Wildman–Crippen LogP) is 4.17. The Bertz CT molecular complexity index is 1020. The Labute approximate surface area is 214 Å². The van der Waals surface area contributed by atoms with Crippen molar-refractivity contribution in [3.05, 3.63) is 28.8 Å². The van der Waals surface area contributed by atoms with E-state index in [9.17, 15) is 36.2 Å². The van der Waals surface area contributed by atoms with Crippen LogP contribution in [-0.4, -0.2) is 79.8 Å². The summed E-state index contributed by atoms with van der Waals surface area (Å²) in [5.41, 5.74) is 1.63. The highest BCUT2D eigenvalue weighted by Crippen LogP contribution is 2.49. The van der Waals surface area contributed by atoms with E-state index in [4.69, 9.17) is 16.3 Å². The number of nitrogens with zero attached hydrogens (tertiary/aromatic N) is 2. The molecule has 0 radical (unpaired) electrons. The van der Waals surface area contributed by atoms with E-state index in [0.717, 1.165) is 38.2 Å². The third-order valence-corrected chi connectivity index (χ3v) is 8.93. The third kappa shape index (κ3) is 5.02. The van der Waals surface area contributed by atoms with E-state index < -0.39 is 48.2 Å². The van der Waals surface area contributed by atoms with Gasteiger partial charge >= 0.3 is 18.3 Å². The molecule has 1 aromatic carbocycles. The van der Waals surface area contributed by atoms with Gasteiger partial charge in [-0.05, 0) is 30.4 Å². The SMILES string of the molecule is O=C(O)C1NC(C(C(F)(F)F)C(F)(F)F)C2CN(Cc3cccc(N4CCC5(CCOC5)C4)c3Cl)CC12. The zero-order valence-electron chi connectivity index (χ0n) is 19.8. The van der Waals surface area contributed by atoms with E-state index in [2.05, 4.69) is 10.2 Å². The normalized spacial score (nSPS) is 32.7. The molecule has 4 fully saturated rings. The number of likely N-dealkylation sites (tertiary alicyclic amines) is 1. The number of fused-ring (bicyclic) bond motifs is 1. The highest BCUT2D eigenvalue weighted by atomic mass is 35.5. The first kappa shape index (κ1) is 26.8. The molecule has 5 unspecified atom stereocenters. The van der Waals surface area contributed by atoms with Gasteiger partial charge in [0, 0.05) is 56.7 Å². The summed E-state index contributed by atoms with van der Waals surface area (Å²) in [6.07, 6.45) is -9.16. The van der Waals surface area contributed by atoms with Crippen LogP contribution in [0.3, 0.4) is 0 Å². The molecule has 4 saturated heterocycles. The largest absolute Gasteiger partial charge is 0.480 e. The summed E-state index contributed by atoms with van der Waals surface area (Å²) in [5, 5.41) is 12.2. The molecule has 0 bridgehead atoms. The molecule has 0 aromatic heterocycles. The lowest BCUT2D eigenvalue weighted by molar-refractivity contribution is -0.293. The third-order valence-electron chi connectivity index (χ3n) is 8.50. The van der Waals surface area contributed by atoms with Gasteiger partial charge in [0.25, 0.3) is 0 Å². The Balaban J connectivity index is 1.34. The number of halogens is 7. The molecule has 4 aliphatic heterocycles. The molecular weight excluding hydrogens is 528 g/mol. The van der Waals surface area contributed by atoms with E-state index in [-0.39, 0.29) is 25.0 Å². The number of alkyl halides is 6. The van der Waals surface area contributed by atoms with Gasteiger partial charge in [0.15, 0.2) is 5.92 Å². The fraction of sp³-hybridized carbons (Fsp3) is 0.708. The first-order valence-electron chi connectivity index (χ1n) is 12.2. The van der Waals surface area contributed by atoms with Crippen molar-refractivity contribution in [1.82, 2.24) is 10.2 Å². The molecule has 4 aliphatic rings. The van der Waals surface area contributed by atoms with Crippen LogP contribution in [0.2, 0.25) is 5.02 Å². The Morgan fingerprint density at radius 2 is 1.86 bits per heavy atom. The minimum atomic E-state index is -5.56. The van der Waals surface area contributed by atoms with Crippen LogP contribution in [0.25, 0.3) is 0 Å². The van der Waals surface area contributed by atoms with Gasteiger partial charge in [-0.3, -0.25) is 9.69 Å². The number of anilines is 1. The van der Waals surface area contributed by atoms with Crippen molar-refractivity contribution in [3.8, 4) is 0 Å². The number of ether oxygens (including phenoxy) is 1. The van der Waals surface area contributed by atoms with Gasteiger partial charge in [-0.25, -0.2) is 0 Å². The van der Waals surface area contributed by atoms with Crippen molar-refractivity contribution in [3.63, 3.8) is 0 Å². The van der Waals surface area contributed by atoms with E-state index >= 15 is 0 Å². The van der Waals surface area contributed by atoms with E-state index in [0.29, 0.717) is 17.2 Å². The maximum absolute atomic E-state index is 13.5. The minimum absolute atomic E-state index is 0.0539. The van der Waals surface area contributed by atoms with Gasteiger partial charge in [0.1, 0.15) is 6.04 Å². The second kappa shape index (κ2) is 9.46. The van der Waals surface area contributed by atoms with E-state index in [1.807, 2.05) is 12.1 Å². The number of aliphatic carboxylic acids is 1. The standard InChI is InChI=1S/C24H28ClF6N3O3/c25-17-13(2-1-3-16(17)34-6-4-22(11-34)5-7-37-12-22)8-33-9-14-15(10-33)19(21(35)36)32-18(14)20(23(26,27)28)24(29,30)31/h1-3,14-15,18-20,32H,4-12H2,(H,35,36). The molecule has 5 atom stereocenters. The molecule has 0 aliphatic carbocycles. The van der Waals surface area contributed by atoms with Gasteiger partial charge in [-0.2, -0.15) is 26.3 Å². The fourth-order valence-corrected chi connectivity index (χ4v) is 7.04. The summed E-state index contributed by atoms with van der Waals surface area (Å²) in [7, 11) is 0. The zero-order valence-corrected chi connectivity index (χ0v) is 20.5. The summed E-state index contributed by atoms with van der Waals surface area (Å²) >= 11 is 6.76. The maximum Gasteiger partial charge on any atom is 0.402 e. The topological polar surface area (TPSA) is 65.0 Å². The maximum atomic E-state index is 13.5. The van der Waals surface area contributed by atoms with Gasteiger partial charge in [-0.1, -0.05) is 23.7 Å². The molecule has 2 N–H and O–H groups in total. The van der Waals surface area contributed by atoms with Crippen LogP contribution in [0.1, 0.15) is 18.4 Å². The summed E-state index contributed by atoms with van der Waals surface area (Å²) in [5.74, 6) is -7.12. The summed E-state index contributed by atoms with van der Waals surface area (Å²) in [6, 6.07) is 1.94. The number of carboxylic acids is 1.